The largest absolute Gasteiger partial charge is 0.366 e. The van der Waals surface area contributed by atoms with Crippen LogP contribution in [0, 0.1) is 0 Å². The first-order valence-electron chi connectivity index (χ1n) is 4.72. The summed E-state index contributed by atoms with van der Waals surface area (Å²) in [5.41, 5.74) is 0.675. The third-order valence-corrected chi connectivity index (χ3v) is 2.57. The van der Waals surface area contributed by atoms with Crippen LogP contribution in [0.2, 0.25) is 0 Å². The standard InChI is InChI=1S/C8H10N6/c1-2-6(3-1)10-7-4-9-5-8-11-12-13-14(7)8/h4-6,10H,1-3H2. The summed E-state index contributed by atoms with van der Waals surface area (Å²) in [4.78, 5) is 4.07. The van der Waals surface area contributed by atoms with Crippen molar-refractivity contribution in [3.05, 3.63) is 12.4 Å². The number of hydrogen-bond acceptors (Lipinski definition) is 5. The molecule has 0 unspecified atom stereocenters. The van der Waals surface area contributed by atoms with Gasteiger partial charge in [0, 0.05) is 6.04 Å². The lowest BCUT2D eigenvalue weighted by molar-refractivity contribution is 0.443. The molecule has 2 aromatic heterocycles. The smallest absolute Gasteiger partial charge is 0.199 e. The monoisotopic (exact) mass is 190 g/mol. The minimum atomic E-state index is 0.562. The fraction of sp³-hybridized carbons (Fsp3) is 0.500. The van der Waals surface area contributed by atoms with Gasteiger partial charge < -0.3 is 5.32 Å². The van der Waals surface area contributed by atoms with Gasteiger partial charge in [0.05, 0.1) is 12.4 Å². The molecule has 0 aromatic carbocycles. The van der Waals surface area contributed by atoms with Crippen molar-refractivity contribution in [2.24, 2.45) is 0 Å². The van der Waals surface area contributed by atoms with E-state index in [4.69, 9.17) is 0 Å². The molecule has 1 aliphatic rings. The lowest BCUT2D eigenvalue weighted by Crippen LogP contribution is -2.28. The number of aromatic nitrogens is 5. The maximum atomic E-state index is 4.07. The number of hydrogen-bond donors (Lipinski definition) is 1. The molecular formula is C8H10N6. The molecule has 1 aliphatic carbocycles. The summed E-state index contributed by atoms with van der Waals surface area (Å²) in [6, 6.07) is 0.562. The van der Waals surface area contributed by atoms with Gasteiger partial charge in [-0.2, -0.15) is 4.52 Å². The number of nitrogens with one attached hydrogen (secondary N) is 1. The van der Waals surface area contributed by atoms with Crippen LogP contribution in [0.4, 0.5) is 5.82 Å². The Morgan fingerprint density at radius 2 is 2.29 bits per heavy atom. The van der Waals surface area contributed by atoms with E-state index in [1.807, 2.05) is 0 Å². The van der Waals surface area contributed by atoms with E-state index in [2.05, 4.69) is 25.8 Å². The first kappa shape index (κ1) is 7.66. The summed E-state index contributed by atoms with van der Waals surface area (Å²) in [5, 5.41) is 14.7. The van der Waals surface area contributed by atoms with Crippen molar-refractivity contribution in [3.8, 4) is 0 Å². The molecule has 0 saturated heterocycles. The van der Waals surface area contributed by atoms with Gasteiger partial charge >= 0.3 is 0 Å². The highest BCUT2D eigenvalue weighted by atomic mass is 15.5. The average Bonchev–Trinajstić information content (AvgIpc) is 2.59. The van der Waals surface area contributed by atoms with Crippen molar-refractivity contribution in [3.63, 3.8) is 0 Å². The number of nitrogens with zero attached hydrogens (tertiary/aromatic N) is 5. The topological polar surface area (TPSA) is 68.0 Å². The maximum absolute atomic E-state index is 4.07. The quantitative estimate of drug-likeness (QED) is 0.746. The van der Waals surface area contributed by atoms with Gasteiger partial charge in [-0.1, -0.05) is 0 Å². The zero-order chi connectivity index (χ0) is 9.38. The SMILES string of the molecule is c1ncc2nnnn2c1NC1CCC1. The van der Waals surface area contributed by atoms with E-state index in [1.165, 1.54) is 19.3 Å². The molecule has 6 nitrogen and oxygen atoms in total. The van der Waals surface area contributed by atoms with E-state index in [0.29, 0.717) is 11.7 Å². The second-order valence-corrected chi connectivity index (χ2v) is 3.51. The number of rotatable bonds is 2. The van der Waals surface area contributed by atoms with Crippen LogP contribution >= 0.6 is 0 Å². The summed E-state index contributed by atoms with van der Waals surface area (Å²) in [6.07, 6.45) is 7.14. The van der Waals surface area contributed by atoms with Gasteiger partial charge in [-0.05, 0) is 29.7 Å². The first-order valence-corrected chi connectivity index (χ1v) is 4.72. The van der Waals surface area contributed by atoms with Crippen LogP contribution in [0.15, 0.2) is 12.4 Å². The van der Waals surface area contributed by atoms with Gasteiger partial charge in [-0.25, -0.2) is 0 Å². The third-order valence-electron chi connectivity index (χ3n) is 2.57. The Hall–Kier alpha value is -1.72. The normalized spacial score (nSPS) is 16.9. The van der Waals surface area contributed by atoms with E-state index < -0.39 is 0 Å². The average molecular weight is 190 g/mol. The molecule has 0 radical (unpaired) electrons. The predicted molar refractivity (Wildman–Crippen MR) is 49.8 cm³/mol. The second kappa shape index (κ2) is 2.90. The molecular weight excluding hydrogens is 180 g/mol. The Kier molecular flexibility index (Phi) is 1.59. The minimum Gasteiger partial charge on any atom is -0.366 e. The van der Waals surface area contributed by atoms with Crippen LogP contribution in [-0.2, 0) is 0 Å². The van der Waals surface area contributed by atoms with Crippen molar-refractivity contribution in [1.82, 2.24) is 25.0 Å². The molecule has 0 aliphatic heterocycles. The van der Waals surface area contributed by atoms with Crippen LogP contribution in [0.25, 0.3) is 5.65 Å². The summed E-state index contributed by atoms with van der Waals surface area (Å²) in [6.45, 7) is 0. The van der Waals surface area contributed by atoms with Crippen LogP contribution in [0.5, 0.6) is 0 Å². The van der Waals surface area contributed by atoms with Crippen LogP contribution in [0.3, 0.4) is 0 Å². The molecule has 1 N–H and O–H groups in total. The Balaban J connectivity index is 1.97. The van der Waals surface area contributed by atoms with Crippen molar-refractivity contribution >= 4 is 11.5 Å². The molecule has 72 valence electrons. The molecule has 6 heteroatoms. The van der Waals surface area contributed by atoms with E-state index in [9.17, 15) is 0 Å². The molecule has 0 spiro atoms. The van der Waals surface area contributed by atoms with E-state index in [0.717, 1.165) is 5.82 Å². The summed E-state index contributed by atoms with van der Waals surface area (Å²) >= 11 is 0. The van der Waals surface area contributed by atoms with Crippen molar-refractivity contribution < 1.29 is 0 Å². The van der Waals surface area contributed by atoms with Gasteiger partial charge in [-0.15, -0.1) is 5.10 Å². The molecule has 1 saturated carbocycles. The van der Waals surface area contributed by atoms with Crippen molar-refractivity contribution in [2.75, 3.05) is 5.32 Å². The predicted octanol–water partition coefficient (Wildman–Crippen LogP) is 0.484. The van der Waals surface area contributed by atoms with Crippen molar-refractivity contribution in [2.45, 2.75) is 25.3 Å². The van der Waals surface area contributed by atoms with E-state index in [1.54, 1.807) is 16.9 Å². The van der Waals surface area contributed by atoms with E-state index >= 15 is 0 Å². The highest BCUT2D eigenvalue weighted by molar-refractivity contribution is 5.44. The Morgan fingerprint density at radius 3 is 3.07 bits per heavy atom. The number of tetrazole rings is 1. The molecule has 3 rings (SSSR count). The van der Waals surface area contributed by atoms with Crippen molar-refractivity contribution in [1.29, 1.82) is 0 Å². The van der Waals surface area contributed by atoms with Gasteiger partial charge in [0.15, 0.2) is 11.5 Å². The highest BCUT2D eigenvalue weighted by Gasteiger charge is 2.18. The Labute approximate surface area is 80.3 Å². The Morgan fingerprint density at radius 1 is 1.36 bits per heavy atom. The first-order chi connectivity index (χ1) is 6.93. The van der Waals surface area contributed by atoms with Gasteiger partial charge in [0.1, 0.15) is 0 Å². The fourth-order valence-corrected chi connectivity index (χ4v) is 1.54. The molecule has 1 fully saturated rings. The molecule has 2 heterocycles. The highest BCUT2D eigenvalue weighted by Crippen LogP contribution is 2.22. The molecule has 2 aromatic rings. The van der Waals surface area contributed by atoms with Crippen LogP contribution < -0.4 is 5.32 Å². The zero-order valence-corrected chi connectivity index (χ0v) is 7.59. The summed E-state index contributed by atoms with van der Waals surface area (Å²) < 4.78 is 1.67. The molecule has 0 atom stereocenters. The maximum Gasteiger partial charge on any atom is 0.199 e. The summed E-state index contributed by atoms with van der Waals surface area (Å²) in [5.74, 6) is 0.872. The number of anilines is 1. The number of fused-ring (bicyclic) bond motifs is 1. The van der Waals surface area contributed by atoms with Crippen LogP contribution in [-0.4, -0.2) is 31.1 Å². The second-order valence-electron chi connectivity index (χ2n) is 3.51. The third kappa shape index (κ3) is 1.11. The molecule has 0 bridgehead atoms. The van der Waals surface area contributed by atoms with Gasteiger partial charge in [0.25, 0.3) is 0 Å². The van der Waals surface area contributed by atoms with Gasteiger partial charge in [0.2, 0.25) is 0 Å². The zero-order valence-electron chi connectivity index (χ0n) is 7.59. The lowest BCUT2D eigenvalue weighted by atomic mass is 9.93. The lowest BCUT2D eigenvalue weighted by Gasteiger charge is -2.26. The summed E-state index contributed by atoms with van der Waals surface area (Å²) in [7, 11) is 0. The molecule has 0 amide bonds. The van der Waals surface area contributed by atoms with Gasteiger partial charge in [-0.3, -0.25) is 4.98 Å². The van der Waals surface area contributed by atoms with E-state index in [-0.39, 0.29) is 0 Å². The molecule has 14 heavy (non-hydrogen) atoms. The van der Waals surface area contributed by atoms with Crippen LogP contribution in [0.1, 0.15) is 19.3 Å². The minimum absolute atomic E-state index is 0.562. The Bertz CT molecular complexity index is 446. The fourth-order valence-electron chi connectivity index (χ4n) is 1.54.